The van der Waals surface area contributed by atoms with Crippen LogP contribution in [0.4, 0.5) is 8.78 Å². The van der Waals surface area contributed by atoms with Gasteiger partial charge < -0.3 is 4.74 Å². The van der Waals surface area contributed by atoms with Crippen LogP contribution >= 0.6 is 0 Å². The average Bonchev–Trinajstić information content (AvgIpc) is 2.84. The fraction of sp³-hybridized carbons (Fsp3) is 0.588. The molecule has 1 aromatic carbocycles. The Balaban J connectivity index is 1.80. The van der Waals surface area contributed by atoms with Crippen molar-refractivity contribution in [1.29, 1.82) is 0 Å². The summed E-state index contributed by atoms with van der Waals surface area (Å²) in [7, 11) is 1.35. The molecule has 1 aliphatic carbocycles. The van der Waals surface area contributed by atoms with Gasteiger partial charge in [0.05, 0.1) is 12.5 Å². The number of carbonyl (C=O) groups excluding carboxylic acids is 1. The molecule has 0 N–H and O–H groups in total. The Bertz CT molecular complexity index is 549. The van der Waals surface area contributed by atoms with Gasteiger partial charge in [0, 0.05) is 32.5 Å². The van der Waals surface area contributed by atoms with Gasteiger partial charge in [0.1, 0.15) is 0 Å². The minimum Gasteiger partial charge on any atom is -0.469 e. The maximum Gasteiger partial charge on any atom is 0.313 e. The van der Waals surface area contributed by atoms with Gasteiger partial charge in [-0.3, -0.25) is 9.69 Å². The maximum absolute atomic E-state index is 13.8. The number of hydrogen-bond acceptors (Lipinski definition) is 3. The van der Waals surface area contributed by atoms with Crippen LogP contribution < -0.4 is 0 Å². The molecule has 1 saturated heterocycles. The van der Waals surface area contributed by atoms with Gasteiger partial charge in [0.25, 0.3) is 0 Å². The Morgan fingerprint density at radius 1 is 1.32 bits per heavy atom. The Kier molecular flexibility index (Phi) is 3.93. The smallest absolute Gasteiger partial charge is 0.313 e. The van der Waals surface area contributed by atoms with Gasteiger partial charge in [0.15, 0.2) is 0 Å². The van der Waals surface area contributed by atoms with Gasteiger partial charge in [-0.05, 0) is 17.9 Å². The fourth-order valence-electron chi connectivity index (χ4n) is 3.99. The number of alkyl halides is 2. The third-order valence-corrected chi connectivity index (χ3v) is 5.09. The zero-order valence-electron chi connectivity index (χ0n) is 12.7. The first-order valence-electron chi connectivity index (χ1n) is 7.68. The van der Waals surface area contributed by atoms with Crippen molar-refractivity contribution in [3.05, 3.63) is 35.9 Å². The van der Waals surface area contributed by atoms with Crippen molar-refractivity contribution < 1.29 is 18.3 Å². The quantitative estimate of drug-likeness (QED) is 0.804. The van der Waals surface area contributed by atoms with E-state index in [2.05, 4.69) is 4.90 Å². The van der Waals surface area contributed by atoms with Crippen LogP contribution in [0.1, 0.15) is 24.8 Å². The summed E-state index contributed by atoms with van der Waals surface area (Å²) in [4.78, 5) is 14.4. The van der Waals surface area contributed by atoms with Crippen molar-refractivity contribution >= 4 is 5.97 Å². The van der Waals surface area contributed by atoms with E-state index in [0.717, 1.165) is 5.56 Å². The predicted molar refractivity (Wildman–Crippen MR) is 78.5 cm³/mol. The Hall–Kier alpha value is -1.49. The highest BCUT2D eigenvalue weighted by Gasteiger charge is 2.59. The first-order valence-corrected chi connectivity index (χ1v) is 7.68. The topological polar surface area (TPSA) is 29.5 Å². The van der Waals surface area contributed by atoms with Gasteiger partial charge in [0.2, 0.25) is 5.92 Å². The number of rotatable bonds is 3. The SMILES string of the molecule is COC(=O)C12CCC(F)(F)CC1CN(Cc1ccccc1)C2. The molecule has 0 amide bonds. The molecule has 1 aromatic rings. The lowest BCUT2D eigenvalue weighted by molar-refractivity contribution is -0.163. The molecule has 0 aromatic heterocycles. The van der Waals surface area contributed by atoms with E-state index < -0.39 is 11.3 Å². The Morgan fingerprint density at radius 2 is 2.05 bits per heavy atom. The number of methoxy groups -OCH3 is 1. The molecule has 0 bridgehead atoms. The van der Waals surface area contributed by atoms with E-state index >= 15 is 0 Å². The number of carbonyl (C=O) groups is 1. The van der Waals surface area contributed by atoms with Crippen molar-refractivity contribution in [2.75, 3.05) is 20.2 Å². The van der Waals surface area contributed by atoms with Gasteiger partial charge >= 0.3 is 5.97 Å². The van der Waals surface area contributed by atoms with Crippen LogP contribution in [0, 0.1) is 11.3 Å². The van der Waals surface area contributed by atoms with E-state index in [4.69, 9.17) is 4.74 Å². The number of likely N-dealkylation sites (tertiary alicyclic amines) is 1. The molecule has 22 heavy (non-hydrogen) atoms. The molecular weight excluding hydrogens is 288 g/mol. The molecule has 3 rings (SSSR count). The molecule has 120 valence electrons. The second-order valence-electron chi connectivity index (χ2n) is 6.56. The number of benzene rings is 1. The highest BCUT2D eigenvalue weighted by molar-refractivity contribution is 5.78. The molecule has 2 aliphatic rings. The zero-order valence-corrected chi connectivity index (χ0v) is 12.7. The summed E-state index contributed by atoms with van der Waals surface area (Å²) >= 11 is 0. The first kappa shape index (κ1) is 15.4. The van der Waals surface area contributed by atoms with Crippen LogP contribution in [-0.4, -0.2) is 37.0 Å². The molecule has 2 atom stereocenters. The van der Waals surface area contributed by atoms with Crippen LogP contribution in [0.25, 0.3) is 0 Å². The summed E-state index contributed by atoms with van der Waals surface area (Å²) in [5.74, 6) is -3.32. The van der Waals surface area contributed by atoms with Crippen molar-refractivity contribution in [2.24, 2.45) is 11.3 Å². The second-order valence-corrected chi connectivity index (χ2v) is 6.56. The van der Waals surface area contributed by atoms with Gasteiger partial charge in [-0.1, -0.05) is 30.3 Å². The Morgan fingerprint density at radius 3 is 2.73 bits per heavy atom. The molecule has 1 heterocycles. The zero-order chi connectivity index (χ0) is 15.8. The van der Waals surface area contributed by atoms with E-state index in [1.54, 1.807) is 0 Å². The minimum absolute atomic E-state index is 0.211. The van der Waals surface area contributed by atoms with E-state index in [1.807, 2.05) is 30.3 Å². The maximum atomic E-state index is 13.8. The molecule has 2 fully saturated rings. The molecule has 1 saturated carbocycles. The number of ether oxygens (including phenoxy) is 1. The average molecular weight is 309 g/mol. The number of esters is 1. The van der Waals surface area contributed by atoms with E-state index in [-0.39, 0.29) is 31.1 Å². The van der Waals surface area contributed by atoms with Crippen LogP contribution in [0.15, 0.2) is 30.3 Å². The molecule has 3 nitrogen and oxygen atoms in total. The van der Waals surface area contributed by atoms with Crippen molar-refractivity contribution in [2.45, 2.75) is 31.7 Å². The third-order valence-electron chi connectivity index (χ3n) is 5.09. The molecule has 0 radical (unpaired) electrons. The van der Waals surface area contributed by atoms with E-state index in [0.29, 0.717) is 19.6 Å². The highest BCUT2D eigenvalue weighted by atomic mass is 19.3. The van der Waals surface area contributed by atoms with Gasteiger partial charge in [-0.15, -0.1) is 0 Å². The second kappa shape index (κ2) is 5.61. The lowest BCUT2D eigenvalue weighted by Gasteiger charge is -2.39. The summed E-state index contributed by atoms with van der Waals surface area (Å²) in [6.45, 7) is 1.72. The fourth-order valence-corrected chi connectivity index (χ4v) is 3.99. The van der Waals surface area contributed by atoms with Crippen molar-refractivity contribution in [3.8, 4) is 0 Å². The van der Waals surface area contributed by atoms with Crippen molar-refractivity contribution in [1.82, 2.24) is 4.90 Å². The van der Waals surface area contributed by atoms with Crippen LogP contribution in [0.5, 0.6) is 0 Å². The van der Waals surface area contributed by atoms with E-state index in [9.17, 15) is 13.6 Å². The monoisotopic (exact) mass is 309 g/mol. The summed E-state index contributed by atoms with van der Waals surface area (Å²) in [5.41, 5.74) is 0.374. The first-order chi connectivity index (χ1) is 10.5. The van der Waals surface area contributed by atoms with E-state index in [1.165, 1.54) is 7.11 Å². The van der Waals surface area contributed by atoms with Crippen molar-refractivity contribution in [3.63, 3.8) is 0 Å². The summed E-state index contributed by atoms with van der Waals surface area (Å²) in [5, 5.41) is 0. The molecule has 2 unspecified atom stereocenters. The van der Waals surface area contributed by atoms with Crippen LogP contribution in [-0.2, 0) is 16.1 Å². The lowest BCUT2D eigenvalue weighted by atomic mass is 9.67. The standard InChI is InChI=1S/C17H21F2NO2/c1-22-15(21)16-7-8-17(18,19)9-14(16)11-20(12-16)10-13-5-3-2-4-6-13/h2-6,14H,7-12H2,1H3. The number of hydrogen-bond donors (Lipinski definition) is 0. The number of halogens is 2. The van der Waals surface area contributed by atoms with Crippen LogP contribution in [0.3, 0.4) is 0 Å². The minimum atomic E-state index is -2.66. The largest absolute Gasteiger partial charge is 0.469 e. The number of fused-ring (bicyclic) bond motifs is 1. The Labute approximate surface area is 129 Å². The van der Waals surface area contributed by atoms with Crippen LogP contribution in [0.2, 0.25) is 0 Å². The van der Waals surface area contributed by atoms with Gasteiger partial charge in [-0.2, -0.15) is 0 Å². The predicted octanol–water partition coefficient (Wildman–Crippen LogP) is 3.10. The third kappa shape index (κ3) is 2.74. The number of nitrogens with zero attached hydrogens (tertiary/aromatic N) is 1. The summed E-state index contributed by atoms with van der Waals surface area (Å²) in [6.07, 6.45) is -0.228. The molecule has 0 spiro atoms. The molecule has 1 aliphatic heterocycles. The highest BCUT2D eigenvalue weighted by Crippen LogP contribution is 2.52. The summed E-state index contributed by atoms with van der Waals surface area (Å²) < 4.78 is 32.5. The summed E-state index contributed by atoms with van der Waals surface area (Å²) in [6, 6.07) is 9.90. The molecule has 5 heteroatoms. The lowest BCUT2D eigenvalue weighted by Crippen LogP contribution is -2.46. The normalized spacial score (nSPS) is 30.8. The molecular formula is C17H21F2NO2. The van der Waals surface area contributed by atoms with Gasteiger partial charge in [-0.25, -0.2) is 8.78 Å².